The second-order valence-corrected chi connectivity index (χ2v) is 5.49. The van der Waals surface area contributed by atoms with Gasteiger partial charge in [0.15, 0.2) is 0 Å². The summed E-state index contributed by atoms with van der Waals surface area (Å²) in [6.45, 7) is 1.25. The van der Waals surface area contributed by atoms with E-state index in [1.807, 2.05) is 30.3 Å². The molecule has 23 heavy (non-hydrogen) atoms. The molecule has 3 heteroatoms. The van der Waals surface area contributed by atoms with E-state index in [0.717, 1.165) is 12.1 Å². The number of pyridine rings is 1. The van der Waals surface area contributed by atoms with Crippen molar-refractivity contribution >= 4 is 0 Å². The second-order valence-electron chi connectivity index (χ2n) is 5.49. The van der Waals surface area contributed by atoms with Crippen LogP contribution in [0.3, 0.4) is 0 Å². The molecule has 0 bridgehead atoms. The first-order valence-electron chi connectivity index (χ1n) is 7.76. The Hall–Kier alpha value is -2.49. The van der Waals surface area contributed by atoms with Gasteiger partial charge in [0.25, 0.3) is 0 Å². The first-order chi connectivity index (χ1) is 11.3. The van der Waals surface area contributed by atoms with Crippen LogP contribution >= 0.6 is 0 Å². The lowest BCUT2D eigenvalue weighted by atomic mass is 10.0. The smallest absolute Gasteiger partial charge is 0.0915 e. The molecule has 2 aromatic carbocycles. The maximum atomic E-state index is 10.1. The largest absolute Gasteiger partial charge is 0.387 e. The van der Waals surface area contributed by atoms with Gasteiger partial charge in [-0.1, -0.05) is 54.6 Å². The molecule has 0 saturated carbocycles. The normalized spacial score (nSPS) is 12.0. The molecule has 0 aliphatic rings. The molecule has 0 aliphatic heterocycles. The highest BCUT2D eigenvalue weighted by Gasteiger charge is 2.06. The summed E-state index contributed by atoms with van der Waals surface area (Å²) in [7, 11) is 0. The van der Waals surface area contributed by atoms with Gasteiger partial charge in [-0.3, -0.25) is 4.98 Å². The van der Waals surface area contributed by atoms with Crippen molar-refractivity contribution in [3.8, 4) is 11.1 Å². The highest BCUT2D eigenvalue weighted by Crippen LogP contribution is 2.19. The first-order valence-corrected chi connectivity index (χ1v) is 7.76. The topological polar surface area (TPSA) is 45.1 Å². The predicted octanol–water partition coefficient (Wildman–Crippen LogP) is 3.57. The molecule has 116 valence electrons. The zero-order chi connectivity index (χ0) is 15.9. The van der Waals surface area contributed by atoms with Crippen molar-refractivity contribution in [3.05, 3.63) is 90.3 Å². The Kier molecular flexibility index (Phi) is 5.14. The molecular weight excluding hydrogens is 284 g/mol. The molecule has 0 radical (unpaired) electrons. The van der Waals surface area contributed by atoms with E-state index in [2.05, 4.69) is 46.7 Å². The SMILES string of the molecule is OC(CNCc1ccc(-c2ccccc2)cc1)c1ccncc1. The van der Waals surface area contributed by atoms with Crippen LogP contribution in [-0.4, -0.2) is 16.6 Å². The Morgan fingerprint density at radius 1 is 0.826 bits per heavy atom. The number of rotatable bonds is 6. The lowest BCUT2D eigenvalue weighted by molar-refractivity contribution is 0.174. The van der Waals surface area contributed by atoms with Crippen molar-refractivity contribution in [3.63, 3.8) is 0 Å². The summed E-state index contributed by atoms with van der Waals surface area (Å²) in [5.41, 5.74) is 4.52. The van der Waals surface area contributed by atoms with Crippen molar-refractivity contribution < 1.29 is 5.11 Å². The van der Waals surface area contributed by atoms with Crippen LogP contribution in [0.1, 0.15) is 17.2 Å². The van der Waals surface area contributed by atoms with Gasteiger partial charge in [0.1, 0.15) is 0 Å². The Morgan fingerprint density at radius 2 is 1.48 bits per heavy atom. The summed E-state index contributed by atoms with van der Waals surface area (Å²) in [5, 5.41) is 13.4. The Labute approximate surface area is 136 Å². The fraction of sp³-hybridized carbons (Fsp3) is 0.150. The average Bonchev–Trinajstić information content (AvgIpc) is 2.64. The number of benzene rings is 2. The summed E-state index contributed by atoms with van der Waals surface area (Å²) in [6.07, 6.45) is 2.88. The fourth-order valence-electron chi connectivity index (χ4n) is 2.50. The fourth-order valence-corrected chi connectivity index (χ4v) is 2.50. The van der Waals surface area contributed by atoms with Gasteiger partial charge in [-0.25, -0.2) is 0 Å². The third-order valence-electron chi connectivity index (χ3n) is 3.82. The van der Waals surface area contributed by atoms with Gasteiger partial charge in [0, 0.05) is 25.5 Å². The highest BCUT2D eigenvalue weighted by atomic mass is 16.3. The van der Waals surface area contributed by atoms with Crippen LogP contribution in [0.2, 0.25) is 0 Å². The molecule has 2 N–H and O–H groups in total. The minimum absolute atomic E-state index is 0.512. The van der Waals surface area contributed by atoms with Gasteiger partial charge in [-0.15, -0.1) is 0 Å². The van der Waals surface area contributed by atoms with Crippen LogP contribution in [0.4, 0.5) is 0 Å². The summed E-state index contributed by atoms with van der Waals surface area (Å²) >= 11 is 0. The van der Waals surface area contributed by atoms with Crippen molar-refractivity contribution in [2.45, 2.75) is 12.6 Å². The van der Waals surface area contributed by atoms with Crippen LogP contribution in [0.15, 0.2) is 79.1 Å². The van der Waals surface area contributed by atoms with Gasteiger partial charge >= 0.3 is 0 Å². The minimum Gasteiger partial charge on any atom is -0.387 e. The lowest BCUT2D eigenvalue weighted by Crippen LogP contribution is -2.21. The molecule has 0 fully saturated rings. The van der Waals surface area contributed by atoms with Crippen LogP contribution in [0, 0.1) is 0 Å². The zero-order valence-corrected chi connectivity index (χ0v) is 12.9. The number of nitrogens with one attached hydrogen (secondary N) is 1. The van der Waals surface area contributed by atoms with E-state index >= 15 is 0 Å². The van der Waals surface area contributed by atoms with Crippen LogP contribution in [0.25, 0.3) is 11.1 Å². The van der Waals surface area contributed by atoms with Crippen molar-refractivity contribution in [1.29, 1.82) is 0 Å². The van der Waals surface area contributed by atoms with Crippen molar-refractivity contribution in [2.24, 2.45) is 0 Å². The van der Waals surface area contributed by atoms with E-state index in [1.54, 1.807) is 12.4 Å². The predicted molar refractivity (Wildman–Crippen MR) is 92.8 cm³/mol. The molecule has 1 aromatic heterocycles. The Bertz CT molecular complexity index is 712. The monoisotopic (exact) mass is 304 g/mol. The molecule has 3 aromatic rings. The lowest BCUT2D eigenvalue weighted by Gasteiger charge is -2.12. The highest BCUT2D eigenvalue weighted by molar-refractivity contribution is 5.63. The summed E-state index contributed by atoms with van der Waals surface area (Å²) in [4.78, 5) is 3.96. The van der Waals surface area contributed by atoms with Crippen molar-refractivity contribution in [2.75, 3.05) is 6.54 Å². The summed E-state index contributed by atoms with van der Waals surface area (Å²) < 4.78 is 0. The maximum Gasteiger partial charge on any atom is 0.0915 e. The molecule has 0 aliphatic carbocycles. The van der Waals surface area contributed by atoms with E-state index in [-0.39, 0.29) is 0 Å². The third-order valence-corrected chi connectivity index (χ3v) is 3.82. The third kappa shape index (κ3) is 4.25. The molecular formula is C20H20N2O. The van der Waals surface area contributed by atoms with E-state index in [0.29, 0.717) is 6.54 Å². The molecule has 1 unspecified atom stereocenters. The van der Waals surface area contributed by atoms with Gasteiger partial charge in [-0.2, -0.15) is 0 Å². The molecule has 3 rings (SSSR count). The molecule has 1 atom stereocenters. The van der Waals surface area contributed by atoms with E-state index in [4.69, 9.17) is 0 Å². The van der Waals surface area contributed by atoms with E-state index in [1.165, 1.54) is 16.7 Å². The molecule has 0 spiro atoms. The Morgan fingerprint density at radius 3 is 2.17 bits per heavy atom. The van der Waals surface area contributed by atoms with Crippen LogP contribution < -0.4 is 5.32 Å². The number of aliphatic hydroxyl groups excluding tert-OH is 1. The quantitative estimate of drug-likeness (QED) is 0.732. The van der Waals surface area contributed by atoms with Crippen LogP contribution in [-0.2, 0) is 6.54 Å². The van der Waals surface area contributed by atoms with E-state index in [9.17, 15) is 5.11 Å². The Balaban J connectivity index is 1.53. The summed E-state index contributed by atoms with van der Waals surface area (Å²) in [5.74, 6) is 0. The minimum atomic E-state index is -0.512. The van der Waals surface area contributed by atoms with Gasteiger partial charge in [0.05, 0.1) is 6.10 Å². The molecule has 0 saturated heterocycles. The number of aliphatic hydroxyl groups is 1. The van der Waals surface area contributed by atoms with Gasteiger partial charge < -0.3 is 10.4 Å². The van der Waals surface area contributed by atoms with E-state index < -0.39 is 6.10 Å². The maximum absolute atomic E-state index is 10.1. The van der Waals surface area contributed by atoms with Gasteiger partial charge in [0.2, 0.25) is 0 Å². The number of nitrogens with zero attached hydrogens (tertiary/aromatic N) is 1. The molecule has 3 nitrogen and oxygen atoms in total. The molecule has 0 amide bonds. The van der Waals surface area contributed by atoms with Crippen molar-refractivity contribution in [1.82, 2.24) is 10.3 Å². The standard InChI is InChI=1S/C20H20N2O/c23-20(19-10-12-21-13-11-19)15-22-14-16-6-8-18(9-7-16)17-4-2-1-3-5-17/h1-13,20,22-23H,14-15H2. The number of hydrogen-bond acceptors (Lipinski definition) is 3. The number of hydrogen-bond donors (Lipinski definition) is 2. The second kappa shape index (κ2) is 7.68. The van der Waals surface area contributed by atoms with Crippen LogP contribution in [0.5, 0.6) is 0 Å². The number of aromatic nitrogens is 1. The summed E-state index contributed by atoms with van der Waals surface area (Å²) in [6, 6.07) is 22.5. The van der Waals surface area contributed by atoms with Gasteiger partial charge in [-0.05, 0) is 34.4 Å². The zero-order valence-electron chi connectivity index (χ0n) is 12.9. The average molecular weight is 304 g/mol. The first kappa shape index (κ1) is 15.4. The molecule has 1 heterocycles.